The monoisotopic (exact) mass is 231 g/mol. The molecule has 0 saturated carbocycles. The van der Waals surface area contributed by atoms with Crippen LogP contribution < -0.4 is 5.32 Å². The molecule has 1 aromatic rings. The third-order valence-electron chi connectivity index (χ3n) is 2.25. The van der Waals surface area contributed by atoms with Gasteiger partial charge in [0.05, 0.1) is 4.34 Å². The Kier molecular flexibility index (Phi) is 4.42. The van der Waals surface area contributed by atoms with Crippen LogP contribution in [0.2, 0.25) is 4.34 Å². The van der Waals surface area contributed by atoms with E-state index in [1.54, 1.807) is 11.3 Å². The van der Waals surface area contributed by atoms with E-state index in [1.165, 1.54) is 17.7 Å². The Balaban J connectivity index is 2.40. The Morgan fingerprint density at radius 3 is 2.64 bits per heavy atom. The van der Waals surface area contributed by atoms with Gasteiger partial charge in [-0.2, -0.15) is 0 Å². The van der Waals surface area contributed by atoms with Gasteiger partial charge < -0.3 is 5.32 Å². The van der Waals surface area contributed by atoms with Crippen LogP contribution in [0.1, 0.15) is 38.5 Å². The van der Waals surface area contributed by atoms with Gasteiger partial charge in [0, 0.05) is 17.0 Å². The molecule has 3 heteroatoms. The quantitative estimate of drug-likeness (QED) is 0.806. The number of nitrogens with one attached hydrogen (secondary N) is 1. The molecule has 0 atom stereocenters. The molecule has 0 unspecified atom stereocenters. The summed E-state index contributed by atoms with van der Waals surface area (Å²) in [6, 6.07) is 4.04. The molecule has 0 saturated heterocycles. The molecule has 1 N–H and O–H groups in total. The molecule has 0 aromatic carbocycles. The van der Waals surface area contributed by atoms with Gasteiger partial charge in [-0.15, -0.1) is 11.3 Å². The average molecular weight is 232 g/mol. The smallest absolute Gasteiger partial charge is 0.0931 e. The van der Waals surface area contributed by atoms with Crippen molar-refractivity contribution in [3.05, 3.63) is 21.3 Å². The van der Waals surface area contributed by atoms with Gasteiger partial charge >= 0.3 is 0 Å². The fraction of sp³-hybridized carbons (Fsp3) is 0.636. The highest BCUT2D eigenvalue weighted by Crippen LogP contribution is 2.22. The number of thiophene rings is 1. The summed E-state index contributed by atoms with van der Waals surface area (Å²) in [4.78, 5) is 1.30. The maximum atomic E-state index is 5.86. The Hall–Kier alpha value is -0.0500. The van der Waals surface area contributed by atoms with Crippen LogP contribution in [-0.4, -0.2) is 5.54 Å². The second-order valence-corrected chi connectivity index (χ2v) is 5.99. The number of hydrogen-bond donors (Lipinski definition) is 1. The summed E-state index contributed by atoms with van der Waals surface area (Å²) in [6.45, 7) is 7.62. The van der Waals surface area contributed by atoms with E-state index in [0.717, 1.165) is 10.9 Å². The minimum atomic E-state index is 0.227. The van der Waals surface area contributed by atoms with Crippen molar-refractivity contribution in [3.8, 4) is 0 Å². The molecule has 1 aromatic heterocycles. The second-order valence-electron chi connectivity index (χ2n) is 4.19. The topological polar surface area (TPSA) is 12.0 Å². The molecule has 0 aliphatic heterocycles. The molecule has 0 amide bonds. The minimum absolute atomic E-state index is 0.227. The first-order chi connectivity index (χ1) is 6.53. The highest BCUT2D eigenvalue weighted by Gasteiger charge is 2.15. The highest BCUT2D eigenvalue weighted by molar-refractivity contribution is 7.16. The molecule has 0 spiro atoms. The predicted octanol–water partition coefficient (Wildman–Crippen LogP) is 4.07. The lowest BCUT2D eigenvalue weighted by molar-refractivity contribution is 0.358. The van der Waals surface area contributed by atoms with E-state index in [-0.39, 0.29) is 5.54 Å². The van der Waals surface area contributed by atoms with Crippen molar-refractivity contribution >= 4 is 22.9 Å². The van der Waals surface area contributed by atoms with E-state index < -0.39 is 0 Å². The Bertz CT molecular complexity index is 281. The van der Waals surface area contributed by atoms with E-state index >= 15 is 0 Å². The van der Waals surface area contributed by atoms with Gasteiger partial charge in [0.25, 0.3) is 0 Å². The normalized spacial score (nSPS) is 12.0. The fourth-order valence-corrected chi connectivity index (χ4v) is 2.51. The van der Waals surface area contributed by atoms with Gasteiger partial charge in [-0.05, 0) is 32.4 Å². The molecule has 0 aliphatic carbocycles. The van der Waals surface area contributed by atoms with E-state index in [4.69, 9.17) is 11.6 Å². The summed E-state index contributed by atoms with van der Waals surface area (Å²) in [5.41, 5.74) is 0.227. The molecule has 0 fully saturated rings. The summed E-state index contributed by atoms with van der Waals surface area (Å²) in [6.07, 6.45) is 2.41. The average Bonchev–Trinajstić information content (AvgIpc) is 2.48. The molecule has 80 valence electrons. The molecular weight excluding hydrogens is 214 g/mol. The predicted molar refractivity (Wildman–Crippen MR) is 65.2 cm³/mol. The minimum Gasteiger partial charge on any atom is -0.307 e. The van der Waals surface area contributed by atoms with Gasteiger partial charge in [0.15, 0.2) is 0 Å². The van der Waals surface area contributed by atoms with Gasteiger partial charge in [-0.1, -0.05) is 24.9 Å². The summed E-state index contributed by atoms with van der Waals surface area (Å²) < 4.78 is 0.870. The number of hydrogen-bond acceptors (Lipinski definition) is 2. The first-order valence-electron chi connectivity index (χ1n) is 5.03. The van der Waals surface area contributed by atoms with Crippen LogP contribution in [0.25, 0.3) is 0 Å². The van der Waals surface area contributed by atoms with Crippen molar-refractivity contribution in [2.45, 2.75) is 45.7 Å². The summed E-state index contributed by atoms with van der Waals surface area (Å²) >= 11 is 7.51. The van der Waals surface area contributed by atoms with Crippen LogP contribution in [0.3, 0.4) is 0 Å². The summed E-state index contributed by atoms with van der Waals surface area (Å²) in [5.74, 6) is 0. The second kappa shape index (κ2) is 5.15. The van der Waals surface area contributed by atoms with E-state index in [9.17, 15) is 0 Å². The lowest BCUT2D eigenvalue weighted by Crippen LogP contribution is -2.38. The van der Waals surface area contributed by atoms with Gasteiger partial charge in [-0.25, -0.2) is 0 Å². The van der Waals surface area contributed by atoms with Crippen LogP contribution in [0.15, 0.2) is 12.1 Å². The summed E-state index contributed by atoms with van der Waals surface area (Å²) in [7, 11) is 0. The molecule has 1 nitrogen and oxygen atoms in total. The molecule has 0 bridgehead atoms. The Morgan fingerprint density at radius 2 is 2.14 bits per heavy atom. The molecular formula is C11H18ClNS. The van der Waals surface area contributed by atoms with Gasteiger partial charge in [0.2, 0.25) is 0 Å². The molecule has 1 heterocycles. The van der Waals surface area contributed by atoms with Crippen molar-refractivity contribution < 1.29 is 0 Å². The van der Waals surface area contributed by atoms with Crippen LogP contribution in [0.4, 0.5) is 0 Å². The van der Waals surface area contributed by atoms with Crippen molar-refractivity contribution in [1.29, 1.82) is 0 Å². The van der Waals surface area contributed by atoms with Crippen molar-refractivity contribution in [3.63, 3.8) is 0 Å². The lowest BCUT2D eigenvalue weighted by atomic mass is 9.99. The van der Waals surface area contributed by atoms with Crippen molar-refractivity contribution in [1.82, 2.24) is 5.32 Å². The van der Waals surface area contributed by atoms with Gasteiger partial charge in [-0.3, -0.25) is 0 Å². The molecule has 14 heavy (non-hydrogen) atoms. The SMILES string of the molecule is CCCC(C)(C)NCc1ccc(Cl)s1. The third-order valence-corrected chi connectivity index (χ3v) is 3.48. The summed E-state index contributed by atoms with van der Waals surface area (Å²) in [5, 5.41) is 3.54. The fourth-order valence-electron chi connectivity index (χ4n) is 1.49. The third kappa shape index (κ3) is 3.99. The number of rotatable bonds is 5. The standard InChI is InChI=1S/C11H18ClNS/c1-4-7-11(2,3)13-8-9-5-6-10(12)14-9/h5-6,13H,4,7-8H2,1-3H3. The van der Waals surface area contributed by atoms with Crippen LogP contribution in [-0.2, 0) is 6.54 Å². The van der Waals surface area contributed by atoms with E-state index in [2.05, 4.69) is 32.2 Å². The number of halogens is 1. The maximum absolute atomic E-state index is 5.86. The van der Waals surface area contributed by atoms with Crippen molar-refractivity contribution in [2.75, 3.05) is 0 Å². The van der Waals surface area contributed by atoms with Crippen LogP contribution >= 0.6 is 22.9 Å². The molecule has 0 radical (unpaired) electrons. The molecule has 1 rings (SSSR count). The first kappa shape index (κ1) is 12.0. The molecule has 0 aliphatic rings. The zero-order valence-corrected chi connectivity index (χ0v) is 10.6. The Labute approximate surface area is 95.5 Å². The lowest BCUT2D eigenvalue weighted by Gasteiger charge is -2.25. The van der Waals surface area contributed by atoms with Gasteiger partial charge in [0.1, 0.15) is 0 Å². The highest BCUT2D eigenvalue weighted by atomic mass is 35.5. The zero-order chi connectivity index (χ0) is 10.6. The maximum Gasteiger partial charge on any atom is 0.0931 e. The zero-order valence-electron chi connectivity index (χ0n) is 9.06. The van der Waals surface area contributed by atoms with Crippen LogP contribution in [0, 0.1) is 0 Å². The van der Waals surface area contributed by atoms with Crippen LogP contribution in [0.5, 0.6) is 0 Å². The van der Waals surface area contributed by atoms with E-state index in [1.807, 2.05) is 6.07 Å². The van der Waals surface area contributed by atoms with Crippen molar-refractivity contribution in [2.24, 2.45) is 0 Å². The Morgan fingerprint density at radius 1 is 1.43 bits per heavy atom. The van der Waals surface area contributed by atoms with E-state index in [0.29, 0.717) is 0 Å². The first-order valence-corrected chi connectivity index (χ1v) is 6.22. The largest absolute Gasteiger partial charge is 0.307 e.